The van der Waals surface area contributed by atoms with E-state index < -0.39 is 6.04 Å². The summed E-state index contributed by atoms with van der Waals surface area (Å²) in [4.78, 5) is 30.5. The van der Waals surface area contributed by atoms with Gasteiger partial charge in [-0.3, -0.25) is 14.5 Å². The van der Waals surface area contributed by atoms with Gasteiger partial charge in [0.2, 0.25) is 5.91 Å². The minimum atomic E-state index is -0.415. The van der Waals surface area contributed by atoms with Crippen LogP contribution in [0.2, 0.25) is 0 Å². The second-order valence-corrected chi connectivity index (χ2v) is 9.28. The van der Waals surface area contributed by atoms with Crippen LogP contribution in [0.15, 0.2) is 54.6 Å². The second kappa shape index (κ2) is 9.65. The lowest BCUT2D eigenvalue weighted by molar-refractivity contribution is -0.127. The van der Waals surface area contributed by atoms with Gasteiger partial charge in [0.1, 0.15) is 6.04 Å². The van der Waals surface area contributed by atoms with Gasteiger partial charge in [0.05, 0.1) is 0 Å². The van der Waals surface area contributed by atoms with Crippen molar-refractivity contribution < 1.29 is 9.59 Å². The summed E-state index contributed by atoms with van der Waals surface area (Å²) in [7, 11) is 0. The Hall–Kier alpha value is -2.66. The molecule has 1 unspecified atom stereocenters. The summed E-state index contributed by atoms with van der Waals surface area (Å²) in [6.45, 7) is 7.64. The Labute approximate surface area is 185 Å². The van der Waals surface area contributed by atoms with Gasteiger partial charge in [-0.15, -0.1) is 0 Å². The van der Waals surface area contributed by atoms with E-state index >= 15 is 0 Å². The van der Waals surface area contributed by atoms with Gasteiger partial charge in [-0.1, -0.05) is 62.4 Å². The summed E-state index contributed by atoms with van der Waals surface area (Å²) in [5.74, 6) is 0.311. The van der Waals surface area contributed by atoms with Crippen molar-refractivity contribution in [1.82, 2.24) is 15.1 Å². The highest BCUT2D eigenvalue weighted by molar-refractivity contribution is 6.01. The van der Waals surface area contributed by atoms with Crippen molar-refractivity contribution in [1.29, 1.82) is 0 Å². The number of benzene rings is 2. The molecule has 31 heavy (non-hydrogen) atoms. The molecule has 2 aliphatic heterocycles. The van der Waals surface area contributed by atoms with E-state index in [1.807, 2.05) is 30.3 Å². The third kappa shape index (κ3) is 5.16. The third-order valence-corrected chi connectivity index (χ3v) is 6.41. The van der Waals surface area contributed by atoms with E-state index in [2.05, 4.69) is 48.3 Å². The Morgan fingerprint density at radius 1 is 1.03 bits per heavy atom. The van der Waals surface area contributed by atoms with Gasteiger partial charge in [-0.2, -0.15) is 0 Å². The number of hydrogen-bond acceptors (Lipinski definition) is 3. The van der Waals surface area contributed by atoms with E-state index in [9.17, 15) is 9.59 Å². The molecule has 4 rings (SSSR count). The van der Waals surface area contributed by atoms with Gasteiger partial charge in [0.25, 0.3) is 5.91 Å². The van der Waals surface area contributed by atoms with Gasteiger partial charge in [-0.25, -0.2) is 0 Å². The Morgan fingerprint density at radius 3 is 2.39 bits per heavy atom. The predicted octanol–water partition coefficient (Wildman–Crippen LogP) is 3.84. The molecule has 1 atom stereocenters. The Morgan fingerprint density at radius 2 is 1.71 bits per heavy atom. The number of piperidine rings is 1. The number of nitrogens with zero attached hydrogens (tertiary/aromatic N) is 2. The largest absolute Gasteiger partial charge is 0.351 e. The fourth-order valence-electron chi connectivity index (χ4n) is 4.73. The highest BCUT2D eigenvalue weighted by Gasteiger charge is 2.37. The molecule has 5 heteroatoms. The molecule has 2 aromatic carbocycles. The van der Waals surface area contributed by atoms with Crippen molar-refractivity contribution in [2.75, 3.05) is 13.1 Å². The minimum absolute atomic E-state index is 0.00337. The molecule has 5 nitrogen and oxygen atoms in total. The molecule has 0 aliphatic carbocycles. The van der Waals surface area contributed by atoms with Crippen molar-refractivity contribution in [2.45, 2.75) is 58.3 Å². The van der Waals surface area contributed by atoms with Gasteiger partial charge in [-0.05, 0) is 42.4 Å². The SMILES string of the molecule is CC(C)CC(C(=O)NC1CCN(Cc2ccccc2)CC1)N1Cc2ccccc2C1=O. The van der Waals surface area contributed by atoms with Crippen LogP contribution in [0, 0.1) is 5.92 Å². The molecule has 2 heterocycles. The molecule has 0 spiro atoms. The smallest absolute Gasteiger partial charge is 0.255 e. The highest BCUT2D eigenvalue weighted by Crippen LogP contribution is 2.27. The van der Waals surface area contributed by atoms with E-state index in [4.69, 9.17) is 0 Å². The number of nitrogens with one attached hydrogen (secondary N) is 1. The Kier molecular flexibility index (Phi) is 6.71. The fourth-order valence-corrected chi connectivity index (χ4v) is 4.73. The molecule has 2 aliphatic rings. The lowest BCUT2D eigenvalue weighted by atomic mass is 9.99. The van der Waals surface area contributed by atoms with E-state index in [-0.39, 0.29) is 17.9 Å². The minimum Gasteiger partial charge on any atom is -0.351 e. The van der Waals surface area contributed by atoms with Gasteiger partial charge >= 0.3 is 0 Å². The first-order valence-corrected chi connectivity index (χ1v) is 11.5. The maximum Gasteiger partial charge on any atom is 0.255 e. The van der Waals surface area contributed by atoms with Crippen LogP contribution < -0.4 is 5.32 Å². The van der Waals surface area contributed by atoms with Crippen molar-refractivity contribution >= 4 is 11.8 Å². The topological polar surface area (TPSA) is 52.7 Å². The summed E-state index contributed by atoms with van der Waals surface area (Å²) >= 11 is 0. The second-order valence-electron chi connectivity index (χ2n) is 9.28. The predicted molar refractivity (Wildman–Crippen MR) is 122 cm³/mol. The zero-order valence-corrected chi connectivity index (χ0v) is 18.6. The zero-order valence-electron chi connectivity index (χ0n) is 18.6. The molecule has 164 valence electrons. The first-order valence-electron chi connectivity index (χ1n) is 11.5. The standard InChI is InChI=1S/C26H33N3O2/c1-19(2)16-24(29-18-21-10-6-7-11-23(21)26(29)31)25(30)27-22-12-14-28(15-13-22)17-20-8-4-3-5-9-20/h3-11,19,22,24H,12-18H2,1-2H3,(H,27,30). The van der Waals surface area contributed by atoms with Crippen LogP contribution in [0.4, 0.5) is 0 Å². The molecule has 0 radical (unpaired) electrons. The summed E-state index contributed by atoms with van der Waals surface area (Å²) in [5, 5.41) is 3.27. The molecule has 0 saturated carbocycles. The fraction of sp³-hybridized carbons (Fsp3) is 0.462. The Balaban J connectivity index is 1.35. The first-order chi connectivity index (χ1) is 15.0. The highest BCUT2D eigenvalue weighted by atomic mass is 16.2. The monoisotopic (exact) mass is 419 g/mol. The van der Waals surface area contributed by atoms with E-state index in [1.165, 1.54) is 5.56 Å². The van der Waals surface area contributed by atoms with Crippen LogP contribution in [0.1, 0.15) is 54.6 Å². The number of carbonyl (C=O) groups is 2. The molecule has 2 amide bonds. The van der Waals surface area contributed by atoms with Crippen molar-refractivity contribution in [3.63, 3.8) is 0 Å². The third-order valence-electron chi connectivity index (χ3n) is 6.41. The van der Waals surface area contributed by atoms with Crippen molar-refractivity contribution in [2.24, 2.45) is 5.92 Å². The Bertz CT molecular complexity index is 904. The van der Waals surface area contributed by atoms with Gasteiger partial charge in [0, 0.05) is 37.8 Å². The van der Waals surface area contributed by atoms with Crippen molar-refractivity contribution in [3.05, 3.63) is 71.3 Å². The number of hydrogen-bond donors (Lipinski definition) is 1. The normalized spacial score (nSPS) is 18.3. The average Bonchev–Trinajstić information content (AvgIpc) is 3.10. The molecule has 2 aromatic rings. The lowest BCUT2D eigenvalue weighted by Crippen LogP contribution is -2.52. The molecular weight excluding hydrogens is 386 g/mol. The van der Waals surface area contributed by atoms with E-state index in [1.54, 1.807) is 4.90 Å². The first kappa shape index (κ1) is 21.6. The van der Waals surface area contributed by atoms with Crippen LogP contribution in [0.5, 0.6) is 0 Å². The quantitative estimate of drug-likeness (QED) is 0.742. The zero-order chi connectivity index (χ0) is 21.8. The summed E-state index contributed by atoms with van der Waals surface area (Å²) < 4.78 is 0. The van der Waals surface area contributed by atoms with Crippen LogP contribution in [-0.4, -0.2) is 46.8 Å². The van der Waals surface area contributed by atoms with Crippen LogP contribution in [-0.2, 0) is 17.9 Å². The summed E-state index contributed by atoms with van der Waals surface area (Å²) in [6.07, 6.45) is 2.57. The lowest BCUT2D eigenvalue weighted by Gasteiger charge is -2.34. The summed E-state index contributed by atoms with van der Waals surface area (Å²) in [5.41, 5.74) is 3.08. The van der Waals surface area contributed by atoms with E-state index in [0.29, 0.717) is 18.9 Å². The summed E-state index contributed by atoms with van der Waals surface area (Å²) in [6, 6.07) is 18.0. The number of carbonyl (C=O) groups excluding carboxylic acids is 2. The number of likely N-dealkylation sites (tertiary alicyclic amines) is 1. The molecule has 1 fully saturated rings. The van der Waals surface area contributed by atoms with Crippen LogP contribution in [0.3, 0.4) is 0 Å². The van der Waals surface area contributed by atoms with Crippen LogP contribution >= 0.6 is 0 Å². The maximum absolute atomic E-state index is 13.3. The molecule has 0 aromatic heterocycles. The number of fused-ring (bicyclic) bond motifs is 1. The van der Waals surface area contributed by atoms with E-state index in [0.717, 1.165) is 43.6 Å². The van der Waals surface area contributed by atoms with Crippen molar-refractivity contribution in [3.8, 4) is 0 Å². The molecule has 1 saturated heterocycles. The van der Waals surface area contributed by atoms with Crippen LogP contribution in [0.25, 0.3) is 0 Å². The average molecular weight is 420 g/mol. The maximum atomic E-state index is 13.3. The molecular formula is C26H33N3O2. The molecule has 1 N–H and O–H groups in total. The van der Waals surface area contributed by atoms with Gasteiger partial charge in [0.15, 0.2) is 0 Å². The van der Waals surface area contributed by atoms with Gasteiger partial charge < -0.3 is 10.2 Å². The number of rotatable bonds is 7. The number of amides is 2. The molecule has 0 bridgehead atoms.